The zero-order chi connectivity index (χ0) is 14.1. The fraction of sp³-hybridized carbons (Fsp3) is 0.556. The van der Waals surface area contributed by atoms with Crippen LogP contribution >= 0.6 is 0 Å². The Morgan fingerprint density at radius 3 is 2.22 bits per heavy atom. The molecule has 0 aromatic carbocycles. The van der Waals surface area contributed by atoms with Crippen LogP contribution in [0.15, 0.2) is 0 Å². The Kier molecular flexibility index (Phi) is 7.05. The minimum atomic E-state index is -1.18. The van der Waals surface area contributed by atoms with Gasteiger partial charge in [0.15, 0.2) is 0 Å². The first kappa shape index (κ1) is 15.8. The first-order valence-electron chi connectivity index (χ1n) is 5.12. The van der Waals surface area contributed by atoms with Crippen LogP contribution in [0.2, 0.25) is 0 Å². The van der Waals surface area contributed by atoms with Crippen LogP contribution in [0.4, 0.5) is 0 Å². The molecule has 0 aliphatic carbocycles. The minimum absolute atomic E-state index is 0.239. The van der Waals surface area contributed by atoms with Gasteiger partial charge >= 0.3 is 5.97 Å². The van der Waals surface area contributed by atoms with E-state index in [0.717, 1.165) is 0 Å². The lowest BCUT2D eigenvalue weighted by Crippen LogP contribution is -2.49. The van der Waals surface area contributed by atoms with Crippen molar-refractivity contribution in [3.05, 3.63) is 0 Å². The maximum atomic E-state index is 11.4. The summed E-state index contributed by atoms with van der Waals surface area (Å²) in [7, 11) is 0. The summed E-state index contributed by atoms with van der Waals surface area (Å²) in [6.45, 7) is 0.303. The zero-order valence-electron chi connectivity index (χ0n) is 9.86. The zero-order valence-corrected chi connectivity index (χ0v) is 9.86. The van der Waals surface area contributed by atoms with E-state index in [1.165, 1.54) is 6.92 Å². The van der Waals surface area contributed by atoms with Gasteiger partial charge in [-0.05, 0) is 6.92 Å². The monoisotopic (exact) mass is 260 g/mol. The maximum absolute atomic E-state index is 11.4. The van der Waals surface area contributed by atoms with Crippen molar-refractivity contribution in [2.24, 2.45) is 5.73 Å². The number of hydrogen-bond acceptors (Lipinski definition) is 5. The van der Waals surface area contributed by atoms with E-state index >= 15 is 0 Å². The van der Waals surface area contributed by atoms with E-state index in [4.69, 9.17) is 10.8 Å². The molecule has 0 unspecified atom stereocenters. The topological polar surface area (TPSA) is 151 Å². The summed E-state index contributed by atoms with van der Waals surface area (Å²) in [6, 6.07) is -0.826. The average molecular weight is 260 g/mol. The molecule has 0 bridgehead atoms. The standard InChI is InChI=1S/C9H16N4O5/c1-5(13-6(14)2-10)9(18)12-3-7(15)11-4-8(16)17/h5H,2-4,10H2,1H3,(H,11,15)(H,12,18)(H,13,14)(H,16,17)/t5-/m1/s1. The summed E-state index contributed by atoms with van der Waals surface area (Å²) in [5.41, 5.74) is 5.05. The van der Waals surface area contributed by atoms with Gasteiger partial charge in [0.25, 0.3) is 0 Å². The van der Waals surface area contributed by atoms with Gasteiger partial charge in [-0.2, -0.15) is 0 Å². The highest BCUT2D eigenvalue weighted by atomic mass is 16.4. The molecule has 0 spiro atoms. The molecular weight excluding hydrogens is 244 g/mol. The van der Waals surface area contributed by atoms with Gasteiger partial charge in [-0.15, -0.1) is 0 Å². The Labute approximate surface area is 103 Å². The molecule has 6 N–H and O–H groups in total. The molecule has 0 rings (SSSR count). The summed E-state index contributed by atoms with van der Waals surface area (Å²) < 4.78 is 0. The fourth-order valence-corrected chi connectivity index (χ4v) is 0.923. The lowest BCUT2D eigenvalue weighted by atomic mass is 10.3. The van der Waals surface area contributed by atoms with Crippen molar-refractivity contribution in [2.75, 3.05) is 19.6 Å². The first-order chi connectivity index (χ1) is 8.36. The number of amides is 3. The van der Waals surface area contributed by atoms with Crippen LogP contribution in [0.5, 0.6) is 0 Å². The molecule has 1 atom stereocenters. The van der Waals surface area contributed by atoms with E-state index in [9.17, 15) is 19.2 Å². The second-order valence-electron chi connectivity index (χ2n) is 3.38. The Morgan fingerprint density at radius 2 is 1.72 bits per heavy atom. The lowest BCUT2D eigenvalue weighted by molar-refractivity contribution is -0.138. The maximum Gasteiger partial charge on any atom is 0.322 e. The molecule has 0 fully saturated rings. The van der Waals surface area contributed by atoms with Crippen molar-refractivity contribution in [3.63, 3.8) is 0 Å². The van der Waals surface area contributed by atoms with E-state index in [2.05, 4.69) is 16.0 Å². The summed E-state index contributed by atoms with van der Waals surface area (Å²) in [4.78, 5) is 43.5. The lowest BCUT2D eigenvalue weighted by Gasteiger charge is -2.13. The second-order valence-corrected chi connectivity index (χ2v) is 3.38. The molecule has 9 nitrogen and oxygen atoms in total. The van der Waals surface area contributed by atoms with Crippen LogP contribution in [0.25, 0.3) is 0 Å². The fourth-order valence-electron chi connectivity index (χ4n) is 0.923. The quantitative estimate of drug-likeness (QED) is 0.324. The van der Waals surface area contributed by atoms with E-state index in [1.807, 2.05) is 0 Å². The number of aliphatic carboxylic acids is 1. The predicted octanol–water partition coefficient (Wildman–Crippen LogP) is -3.23. The number of carbonyl (C=O) groups excluding carboxylic acids is 3. The van der Waals surface area contributed by atoms with E-state index in [-0.39, 0.29) is 13.1 Å². The average Bonchev–Trinajstić information content (AvgIpc) is 2.32. The SMILES string of the molecule is C[C@@H](NC(=O)CN)C(=O)NCC(=O)NCC(=O)O. The van der Waals surface area contributed by atoms with Crippen molar-refractivity contribution < 1.29 is 24.3 Å². The third kappa shape index (κ3) is 7.17. The van der Waals surface area contributed by atoms with E-state index in [0.29, 0.717) is 0 Å². The molecule has 0 heterocycles. The largest absolute Gasteiger partial charge is 0.480 e. The van der Waals surface area contributed by atoms with Crippen molar-refractivity contribution in [2.45, 2.75) is 13.0 Å². The van der Waals surface area contributed by atoms with Crippen molar-refractivity contribution >= 4 is 23.7 Å². The number of rotatable bonds is 7. The summed E-state index contributed by atoms with van der Waals surface area (Å²) >= 11 is 0. The summed E-state index contributed by atoms with van der Waals surface area (Å²) in [5.74, 6) is -2.88. The van der Waals surface area contributed by atoms with Gasteiger partial charge in [0.1, 0.15) is 12.6 Å². The number of hydrogen-bond donors (Lipinski definition) is 5. The number of carbonyl (C=O) groups is 4. The summed E-state index contributed by atoms with van der Waals surface area (Å²) in [6.07, 6.45) is 0. The van der Waals surface area contributed by atoms with Crippen LogP contribution in [0.1, 0.15) is 6.92 Å². The van der Waals surface area contributed by atoms with Gasteiger partial charge in [-0.25, -0.2) is 0 Å². The molecule has 0 saturated carbocycles. The van der Waals surface area contributed by atoms with Crippen LogP contribution in [0.3, 0.4) is 0 Å². The third-order valence-electron chi connectivity index (χ3n) is 1.82. The van der Waals surface area contributed by atoms with Gasteiger partial charge in [0.05, 0.1) is 13.1 Å². The highest BCUT2D eigenvalue weighted by Crippen LogP contribution is 1.81. The number of nitrogens with two attached hydrogens (primary N) is 1. The van der Waals surface area contributed by atoms with E-state index < -0.39 is 36.3 Å². The Balaban J connectivity index is 3.91. The second kappa shape index (κ2) is 8.01. The van der Waals surface area contributed by atoms with Gasteiger partial charge in [0.2, 0.25) is 17.7 Å². The Morgan fingerprint density at radius 1 is 1.11 bits per heavy atom. The highest BCUT2D eigenvalue weighted by Gasteiger charge is 2.15. The van der Waals surface area contributed by atoms with Crippen molar-refractivity contribution in [3.8, 4) is 0 Å². The molecule has 3 amide bonds. The van der Waals surface area contributed by atoms with Gasteiger partial charge in [0, 0.05) is 0 Å². The molecule has 0 aromatic heterocycles. The van der Waals surface area contributed by atoms with E-state index in [1.54, 1.807) is 0 Å². The Bertz CT molecular complexity index is 344. The normalized spacial score (nSPS) is 11.2. The third-order valence-corrected chi connectivity index (χ3v) is 1.82. The Hall–Kier alpha value is -2.16. The van der Waals surface area contributed by atoms with Crippen molar-refractivity contribution in [1.82, 2.24) is 16.0 Å². The molecule has 0 aromatic rings. The molecule has 102 valence electrons. The van der Waals surface area contributed by atoms with Gasteiger partial charge in [-0.3, -0.25) is 19.2 Å². The number of nitrogens with one attached hydrogen (secondary N) is 3. The van der Waals surface area contributed by atoms with Crippen LogP contribution in [0, 0.1) is 0 Å². The van der Waals surface area contributed by atoms with Crippen LogP contribution < -0.4 is 21.7 Å². The number of carboxylic acids is 1. The molecule has 0 aliphatic rings. The highest BCUT2D eigenvalue weighted by molar-refractivity contribution is 5.91. The summed E-state index contributed by atoms with van der Waals surface area (Å²) in [5, 5.41) is 14.9. The van der Waals surface area contributed by atoms with Crippen LogP contribution in [-0.4, -0.2) is 54.5 Å². The molecule has 0 saturated heterocycles. The molecule has 18 heavy (non-hydrogen) atoms. The smallest absolute Gasteiger partial charge is 0.322 e. The number of carboxylic acid groups (broad SMARTS) is 1. The van der Waals surface area contributed by atoms with Gasteiger partial charge < -0.3 is 26.8 Å². The molecule has 0 aliphatic heterocycles. The first-order valence-corrected chi connectivity index (χ1v) is 5.12. The van der Waals surface area contributed by atoms with Gasteiger partial charge in [-0.1, -0.05) is 0 Å². The van der Waals surface area contributed by atoms with Crippen LogP contribution in [-0.2, 0) is 19.2 Å². The predicted molar refractivity (Wildman–Crippen MR) is 60.3 cm³/mol. The van der Waals surface area contributed by atoms with Crippen molar-refractivity contribution in [1.29, 1.82) is 0 Å². The molecule has 9 heteroatoms. The molecule has 0 radical (unpaired) electrons. The molecular formula is C9H16N4O5. The minimum Gasteiger partial charge on any atom is -0.480 e.